The summed E-state index contributed by atoms with van der Waals surface area (Å²) in [5, 5.41) is 18.7. The molecule has 5 heteroatoms. The van der Waals surface area contributed by atoms with Crippen molar-refractivity contribution in [1.29, 1.82) is 5.26 Å². The molecule has 1 N–H and O–H groups in total. The number of carbonyl (C=O) groups is 1. The molecule has 136 valence electrons. The van der Waals surface area contributed by atoms with E-state index in [1.807, 2.05) is 45.0 Å². The lowest BCUT2D eigenvalue weighted by Gasteiger charge is -2.38. The molecule has 1 fully saturated rings. The summed E-state index contributed by atoms with van der Waals surface area (Å²) < 4.78 is 0. The first-order valence-corrected chi connectivity index (χ1v) is 9.11. The number of anilines is 1. The van der Waals surface area contributed by atoms with Gasteiger partial charge < -0.3 is 10.0 Å². The maximum atomic E-state index is 13.1. The molecule has 2 unspecified atom stereocenters. The van der Waals surface area contributed by atoms with Gasteiger partial charge in [-0.25, -0.2) is 0 Å². The fourth-order valence-corrected chi connectivity index (χ4v) is 3.42. The second-order valence-electron chi connectivity index (χ2n) is 7.02. The minimum Gasteiger partial charge on any atom is -0.393 e. The van der Waals surface area contributed by atoms with Crippen LogP contribution in [-0.2, 0) is 4.79 Å². The average Bonchev–Trinajstić information content (AvgIpc) is 2.62. The number of nitrogens with zero attached hydrogens (tertiary/aromatic N) is 3. The lowest BCUT2D eigenvalue weighted by Crippen LogP contribution is -2.50. The second kappa shape index (κ2) is 8.98. The molecule has 2 rings (SSSR count). The molecule has 25 heavy (non-hydrogen) atoms. The van der Waals surface area contributed by atoms with Crippen LogP contribution in [0.3, 0.4) is 0 Å². The Bertz CT molecular complexity index is 598. The molecule has 1 saturated heterocycles. The SMILES string of the molecule is Cc1ccc(N(CCC#N)C(=O)C(C)N2CCC(C(C)O)CC2)cc1. The highest BCUT2D eigenvalue weighted by molar-refractivity contribution is 5.97. The van der Waals surface area contributed by atoms with Gasteiger partial charge in [-0.3, -0.25) is 9.69 Å². The average molecular weight is 343 g/mol. The Morgan fingerprint density at radius 3 is 2.44 bits per heavy atom. The highest BCUT2D eigenvalue weighted by atomic mass is 16.3. The number of aryl methyl sites for hydroxylation is 1. The monoisotopic (exact) mass is 343 g/mol. The highest BCUT2D eigenvalue weighted by Crippen LogP contribution is 2.24. The van der Waals surface area contributed by atoms with E-state index in [4.69, 9.17) is 5.26 Å². The van der Waals surface area contributed by atoms with Gasteiger partial charge >= 0.3 is 0 Å². The van der Waals surface area contributed by atoms with Gasteiger partial charge in [0.1, 0.15) is 0 Å². The van der Waals surface area contributed by atoms with Crippen molar-refractivity contribution in [2.75, 3.05) is 24.5 Å². The number of amides is 1. The van der Waals surface area contributed by atoms with Crippen LogP contribution in [0.5, 0.6) is 0 Å². The van der Waals surface area contributed by atoms with E-state index in [1.165, 1.54) is 0 Å². The first-order valence-electron chi connectivity index (χ1n) is 9.11. The Labute approximate surface area is 150 Å². The van der Waals surface area contributed by atoms with Gasteiger partial charge in [0.15, 0.2) is 0 Å². The van der Waals surface area contributed by atoms with Crippen LogP contribution in [0.1, 0.15) is 38.7 Å². The Kier molecular flexibility index (Phi) is 6.98. The molecule has 1 aliphatic heterocycles. The topological polar surface area (TPSA) is 67.6 Å². The lowest BCUT2D eigenvalue weighted by atomic mass is 9.91. The summed E-state index contributed by atoms with van der Waals surface area (Å²) in [6.07, 6.45) is 1.86. The standard InChI is InChI=1S/C20H29N3O2/c1-15-5-7-19(8-6-15)23(12-4-11-21)20(25)16(2)22-13-9-18(10-14-22)17(3)24/h5-8,16-18,24H,4,9-10,12-14H2,1-3H3. The third-order valence-electron chi connectivity index (χ3n) is 5.22. The predicted molar refractivity (Wildman–Crippen MR) is 99.2 cm³/mol. The van der Waals surface area contributed by atoms with Crippen molar-refractivity contribution in [2.45, 2.75) is 52.2 Å². The van der Waals surface area contributed by atoms with Crippen molar-refractivity contribution in [3.05, 3.63) is 29.8 Å². The van der Waals surface area contributed by atoms with Crippen molar-refractivity contribution < 1.29 is 9.90 Å². The number of rotatable bonds is 6. The molecule has 0 spiro atoms. The third kappa shape index (κ3) is 5.04. The van der Waals surface area contributed by atoms with E-state index in [9.17, 15) is 9.90 Å². The normalized spacial score (nSPS) is 18.4. The van der Waals surface area contributed by atoms with E-state index in [0.29, 0.717) is 18.9 Å². The van der Waals surface area contributed by atoms with E-state index in [-0.39, 0.29) is 18.1 Å². The van der Waals surface area contributed by atoms with Crippen molar-refractivity contribution in [3.63, 3.8) is 0 Å². The van der Waals surface area contributed by atoms with Crippen molar-refractivity contribution in [2.24, 2.45) is 5.92 Å². The fraction of sp³-hybridized carbons (Fsp3) is 0.600. The highest BCUT2D eigenvalue weighted by Gasteiger charge is 2.31. The maximum Gasteiger partial charge on any atom is 0.244 e. The number of nitriles is 1. The zero-order valence-electron chi connectivity index (χ0n) is 15.5. The number of likely N-dealkylation sites (tertiary alicyclic amines) is 1. The molecule has 1 aromatic rings. The van der Waals surface area contributed by atoms with Crippen LogP contribution in [0.4, 0.5) is 5.69 Å². The number of benzene rings is 1. The number of aliphatic hydroxyl groups excluding tert-OH is 1. The van der Waals surface area contributed by atoms with Crippen molar-refractivity contribution in [3.8, 4) is 6.07 Å². The van der Waals surface area contributed by atoms with E-state index >= 15 is 0 Å². The fourth-order valence-electron chi connectivity index (χ4n) is 3.42. The Hall–Kier alpha value is -1.90. The zero-order valence-corrected chi connectivity index (χ0v) is 15.5. The van der Waals surface area contributed by atoms with Crippen LogP contribution < -0.4 is 4.90 Å². The van der Waals surface area contributed by atoms with Crippen LogP contribution in [0.15, 0.2) is 24.3 Å². The van der Waals surface area contributed by atoms with Crippen LogP contribution in [0.25, 0.3) is 0 Å². The van der Waals surface area contributed by atoms with Gasteiger partial charge in [0.25, 0.3) is 0 Å². The first-order chi connectivity index (χ1) is 11.9. The molecule has 0 aromatic heterocycles. The molecule has 1 aromatic carbocycles. The molecule has 5 nitrogen and oxygen atoms in total. The van der Waals surface area contributed by atoms with Gasteiger partial charge in [-0.05, 0) is 64.8 Å². The van der Waals surface area contributed by atoms with E-state index in [2.05, 4.69) is 11.0 Å². The summed E-state index contributed by atoms with van der Waals surface area (Å²) in [6.45, 7) is 7.85. The first kappa shape index (κ1) is 19.4. The summed E-state index contributed by atoms with van der Waals surface area (Å²) >= 11 is 0. The second-order valence-corrected chi connectivity index (χ2v) is 7.02. The lowest BCUT2D eigenvalue weighted by molar-refractivity contribution is -0.124. The zero-order chi connectivity index (χ0) is 18.4. The van der Waals surface area contributed by atoms with E-state index < -0.39 is 0 Å². The molecule has 2 atom stereocenters. The summed E-state index contributed by atoms with van der Waals surface area (Å²) in [4.78, 5) is 17.0. The Morgan fingerprint density at radius 1 is 1.32 bits per heavy atom. The molecule has 0 aliphatic carbocycles. The summed E-state index contributed by atoms with van der Waals surface area (Å²) in [5.41, 5.74) is 1.99. The Morgan fingerprint density at radius 2 is 1.92 bits per heavy atom. The van der Waals surface area contributed by atoms with Crippen LogP contribution in [-0.4, -0.2) is 47.7 Å². The molecule has 1 aliphatic rings. The molecule has 1 heterocycles. The van der Waals surface area contributed by atoms with Crippen molar-refractivity contribution >= 4 is 11.6 Å². The molecule has 0 saturated carbocycles. The molecule has 1 amide bonds. The minimum absolute atomic E-state index is 0.0367. The molecular weight excluding hydrogens is 314 g/mol. The van der Waals surface area contributed by atoms with Gasteiger partial charge in [0.2, 0.25) is 5.91 Å². The maximum absolute atomic E-state index is 13.1. The summed E-state index contributed by atoms with van der Waals surface area (Å²) in [5.74, 6) is 0.361. The number of piperidine rings is 1. The van der Waals surface area contributed by atoms with Crippen LogP contribution in [0.2, 0.25) is 0 Å². The van der Waals surface area contributed by atoms with Gasteiger partial charge in [-0.2, -0.15) is 5.26 Å². The molecular formula is C20H29N3O2. The van der Waals surface area contributed by atoms with Gasteiger partial charge in [0, 0.05) is 12.2 Å². The van der Waals surface area contributed by atoms with Gasteiger partial charge in [-0.15, -0.1) is 0 Å². The van der Waals surface area contributed by atoms with Crippen LogP contribution >= 0.6 is 0 Å². The van der Waals surface area contributed by atoms with E-state index in [0.717, 1.165) is 37.2 Å². The summed E-state index contributed by atoms with van der Waals surface area (Å²) in [7, 11) is 0. The number of hydrogen-bond donors (Lipinski definition) is 1. The molecule has 0 radical (unpaired) electrons. The number of hydrogen-bond acceptors (Lipinski definition) is 4. The summed E-state index contributed by atoms with van der Waals surface area (Å²) in [6, 6.07) is 9.77. The molecule has 0 bridgehead atoms. The number of carbonyl (C=O) groups excluding carboxylic acids is 1. The largest absolute Gasteiger partial charge is 0.393 e. The minimum atomic E-state index is -0.284. The predicted octanol–water partition coefficient (Wildman–Crippen LogP) is 2.72. The van der Waals surface area contributed by atoms with Gasteiger partial charge in [-0.1, -0.05) is 17.7 Å². The van der Waals surface area contributed by atoms with Crippen LogP contribution in [0, 0.1) is 24.2 Å². The smallest absolute Gasteiger partial charge is 0.244 e. The van der Waals surface area contributed by atoms with Gasteiger partial charge in [0.05, 0.1) is 24.6 Å². The number of aliphatic hydroxyl groups is 1. The Balaban J connectivity index is 2.08. The third-order valence-corrected chi connectivity index (χ3v) is 5.22. The van der Waals surface area contributed by atoms with E-state index in [1.54, 1.807) is 4.90 Å². The quantitative estimate of drug-likeness (QED) is 0.862. The van der Waals surface area contributed by atoms with Crippen molar-refractivity contribution in [1.82, 2.24) is 4.90 Å².